The molecule has 0 aliphatic carbocycles. The zero-order valence-corrected chi connectivity index (χ0v) is 11.8. The van der Waals surface area contributed by atoms with Gasteiger partial charge in [0.25, 0.3) is 0 Å². The molecular weight excluding hydrogens is 292 g/mol. The average Bonchev–Trinajstić information content (AvgIpc) is 2.31. The van der Waals surface area contributed by atoms with Crippen molar-refractivity contribution in [3.8, 4) is 0 Å². The van der Waals surface area contributed by atoms with Gasteiger partial charge in [-0.15, -0.1) is 8.57 Å². The Morgan fingerprint density at radius 3 is 2.79 bits per heavy atom. The third-order valence-electron chi connectivity index (χ3n) is 2.54. The molecule has 0 saturated carbocycles. The van der Waals surface area contributed by atoms with Crippen LogP contribution in [0.25, 0.3) is 0 Å². The van der Waals surface area contributed by atoms with Crippen molar-refractivity contribution in [1.29, 1.82) is 0 Å². The first kappa shape index (κ1) is 14.3. The Balaban J connectivity index is 2.28. The number of halogens is 1. The van der Waals surface area contributed by atoms with E-state index in [-0.39, 0.29) is 5.56 Å². The van der Waals surface area contributed by atoms with Gasteiger partial charge >= 0.3 is 5.97 Å². The van der Waals surface area contributed by atoms with Crippen LogP contribution in [0.15, 0.2) is 12.1 Å². The summed E-state index contributed by atoms with van der Waals surface area (Å²) < 4.78 is 9.87. The summed E-state index contributed by atoms with van der Waals surface area (Å²) in [5.41, 5.74) is 1.02. The summed E-state index contributed by atoms with van der Waals surface area (Å²) in [5, 5.41) is 13.6. The first-order valence-electron chi connectivity index (χ1n) is 5.75. The van der Waals surface area contributed by atoms with Gasteiger partial charge in [0.1, 0.15) is 5.69 Å². The Bertz CT molecular complexity index is 482. The zero-order chi connectivity index (χ0) is 13.8. The minimum atomic E-state index is -1.04. The quantitative estimate of drug-likeness (QED) is 0.615. The van der Waals surface area contributed by atoms with E-state index in [4.69, 9.17) is 25.3 Å². The normalized spacial score (nSPS) is 14.1. The van der Waals surface area contributed by atoms with Crippen LogP contribution in [0.4, 0.5) is 11.4 Å². The Labute approximate surface area is 119 Å². The fourth-order valence-electron chi connectivity index (χ4n) is 1.54. The molecule has 104 valence electrons. The fraction of sp³-hybridized carbons (Fsp3) is 0.364. The summed E-state index contributed by atoms with van der Waals surface area (Å²) in [6.07, 6.45) is 2.00. The highest BCUT2D eigenvalue weighted by Gasteiger charge is 2.26. The summed E-state index contributed by atoms with van der Waals surface area (Å²) >= 11 is 7.00. The van der Waals surface area contributed by atoms with Crippen LogP contribution in [-0.2, 0) is 8.57 Å². The number of carboxylic acid groups (broad SMARTS) is 1. The second-order valence-corrected chi connectivity index (χ2v) is 4.73. The lowest BCUT2D eigenvalue weighted by molar-refractivity contribution is 0.0269. The number of unbranched alkanes of at least 4 members (excludes halogenated alkanes) is 1. The van der Waals surface area contributed by atoms with E-state index in [1.165, 1.54) is 12.1 Å². The van der Waals surface area contributed by atoms with Gasteiger partial charge in [-0.1, -0.05) is 30.2 Å². The maximum Gasteiger partial charge on any atom is 0.335 e. The number of anilines is 2. The maximum absolute atomic E-state index is 11.1. The summed E-state index contributed by atoms with van der Waals surface area (Å²) in [5.74, 6) is -1.04. The number of nitrogens with zero attached hydrogens (tertiary/aromatic N) is 1. The smallest absolute Gasteiger partial charge is 0.335 e. The van der Waals surface area contributed by atoms with Gasteiger partial charge in [0, 0.05) is 6.54 Å². The van der Waals surface area contributed by atoms with Gasteiger partial charge < -0.3 is 10.4 Å². The minimum absolute atomic E-state index is 0.113. The molecule has 0 amide bonds. The fourth-order valence-corrected chi connectivity index (χ4v) is 2.06. The molecule has 0 atom stereocenters. The summed E-state index contributed by atoms with van der Waals surface area (Å²) in [6, 6.07) is 2.89. The molecule has 1 aliphatic rings. The van der Waals surface area contributed by atoms with Crippen LogP contribution in [-0.4, -0.2) is 17.6 Å². The molecular formula is C11H13ClN2O4S. The van der Waals surface area contributed by atoms with Crippen molar-refractivity contribution in [2.24, 2.45) is 0 Å². The lowest BCUT2D eigenvalue weighted by Gasteiger charge is -2.28. The van der Waals surface area contributed by atoms with Crippen molar-refractivity contribution in [1.82, 2.24) is 0 Å². The second kappa shape index (κ2) is 6.33. The molecule has 2 N–H and O–H groups in total. The van der Waals surface area contributed by atoms with E-state index in [0.29, 0.717) is 16.4 Å². The molecule has 1 saturated heterocycles. The van der Waals surface area contributed by atoms with Gasteiger partial charge in [0.2, 0.25) is 12.3 Å². The van der Waals surface area contributed by atoms with Crippen LogP contribution >= 0.6 is 23.9 Å². The average molecular weight is 305 g/mol. The van der Waals surface area contributed by atoms with Gasteiger partial charge in [-0.2, -0.15) is 0 Å². The summed E-state index contributed by atoms with van der Waals surface area (Å²) in [4.78, 5) is 11.1. The van der Waals surface area contributed by atoms with Gasteiger partial charge in [0.05, 0.1) is 16.3 Å². The highest BCUT2D eigenvalue weighted by atomic mass is 35.5. The summed E-state index contributed by atoms with van der Waals surface area (Å²) in [6.45, 7) is 2.79. The topological polar surface area (TPSA) is 71.0 Å². The second-order valence-electron chi connectivity index (χ2n) is 3.92. The highest BCUT2D eigenvalue weighted by Crippen LogP contribution is 2.40. The van der Waals surface area contributed by atoms with Crippen molar-refractivity contribution in [3.05, 3.63) is 22.7 Å². The lowest BCUT2D eigenvalue weighted by atomic mass is 10.1. The zero-order valence-electron chi connectivity index (χ0n) is 10.2. The van der Waals surface area contributed by atoms with Crippen molar-refractivity contribution >= 4 is 41.3 Å². The number of carbonyl (C=O) groups is 1. The van der Waals surface area contributed by atoms with Gasteiger partial charge in [-0.3, -0.25) is 0 Å². The van der Waals surface area contributed by atoms with Crippen LogP contribution < -0.4 is 10.5 Å². The standard InChI is InChI=1S/C11H13ClN2O4S/c1-2-3-4-13-8-5-7(11(15)16)6-9(10(8)12)14-17-19-18-14/h5-6,13H,2-4H2,1H3,(H,15,16). The molecule has 1 aromatic rings. The Morgan fingerprint density at radius 2 is 2.26 bits per heavy atom. The SMILES string of the molecule is CCCCNc1cc(C(=O)O)cc(N2OSO2)c1Cl. The van der Waals surface area contributed by atoms with Crippen LogP contribution in [0.5, 0.6) is 0 Å². The number of benzene rings is 1. The van der Waals surface area contributed by atoms with Crippen LogP contribution in [0, 0.1) is 0 Å². The number of rotatable bonds is 6. The largest absolute Gasteiger partial charge is 0.478 e. The Hall–Kier alpha value is -1.15. The third-order valence-corrected chi connectivity index (χ3v) is 3.33. The van der Waals surface area contributed by atoms with Gasteiger partial charge in [-0.05, 0) is 18.6 Å². The van der Waals surface area contributed by atoms with Crippen LogP contribution in [0.3, 0.4) is 0 Å². The molecule has 1 heterocycles. The van der Waals surface area contributed by atoms with Crippen molar-refractivity contribution in [3.63, 3.8) is 0 Å². The van der Waals surface area contributed by atoms with E-state index in [0.717, 1.165) is 36.9 Å². The molecule has 1 aliphatic heterocycles. The third kappa shape index (κ3) is 3.24. The molecule has 0 bridgehead atoms. The van der Waals surface area contributed by atoms with Crippen molar-refractivity contribution in [2.45, 2.75) is 19.8 Å². The molecule has 2 rings (SSSR count). The molecule has 1 aromatic carbocycles. The van der Waals surface area contributed by atoms with E-state index in [9.17, 15) is 4.79 Å². The van der Waals surface area contributed by atoms with Crippen LogP contribution in [0.2, 0.25) is 5.02 Å². The van der Waals surface area contributed by atoms with Crippen molar-refractivity contribution in [2.75, 3.05) is 17.1 Å². The number of aromatic carboxylic acids is 1. The number of hydrogen-bond acceptors (Lipinski definition) is 6. The molecule has 0 spiro atoms. The summed E-state index contributed by atoms with van der Waals surface area (Å²) in [7, 11) is 0. The molecule has 8 heteroatoms. The maximum atomic E-state index is 11.1. The van der Waals surface area contributed by atoms with Crippen LogP contribution in [0.1, 0.15) is 30.1 Å². The van der Waals surface area contributed by atoms with E-state index in [1.807, 2.05) is 0 Å². The predicted molar refractivity (Wildman–Crippen MR) is 74.0 cm³/mol. The van der Waals surface area contributed by atoms with Crippen molar-refractivity contribution < 1.29 is 18.5 Å². The van der Waals surface area contributed by atoms with Gasteiger partial charge in [0.15, 0.2) is 0 Å². The lowest BCUT2D eigenvalue weighted by Crippen LogP contribution is -2.27. The van der Waals surface area contributed by atoms with Gasteiger partial charge in [-0.25, -0.2) is 4.79 Å². The number of nitrogens with one attached hydrogen (secondary N) is 1. The predicted octanol–water partition coefficient (Wildman–Crippen LogP) is 3.50. The number of carboxylic acids is 1. The highest BCUT2D eigenvalue weighted by molar-refractivity contribution is 7.90. The number of hydrogen-bond donors (Lipinski definition) is 2. The first-order chi connectivity index (χ1) is 9.13. The Kier molecular flexibility index (Phi) is 4.76. The molecule has 0 unspecified atom stereocenters. The van der Waals surface area contributed by atoms with E-state index >= 15 is 0 Å². The minimum Gasteiger partial charge on any atom is -0.478 e. The monoisotopic (exact) mass is 304 g/mol. The molecule has 1 fully saturated rings. The van der Waals surface area contributed by atoms with E-state index in [2.05, 4.69) is 12.2 Å². The Morgan fingerprint density at radius 1 is 1.53 bits per heavy atom. The first-order valence-corrected chi connectivity index (χ1v) is 6.80. The molecule has 6 nitrogen and oxygen atoms in total. The molecule has 0 aromatic heterocycles. The molecule has 0 radical (unpaired) electrons. The van der Waals surface area contributed by atoms with E-state index < -0.39 is 5.97 Å². The van der Waals surface area contributed by atoms with E-state index in [1.54, 1.807) is 0 Å². The molecule has 19 heavy (non-hydrogen) atoms.